The molecule has 3 aliphatic rings. The van der Waals surface area contributed by atoms with E-state index in [1.165, 1.54) is 12.8 Å². The Morgan fingerprint density at radius 1 is 1.43 bits per heavy atom. The van der Waals surface area contributed by atoms with E-state index >= 15 is 4.39 Å². The minimum absolute atomic E-state index is 0.196. The first-order valence-electron chi connectivity index (χ1n) is 12.9. The van der Waals surface area contributed by atoms with Crippen LogP contribution in [0.5, 0.6) is 0 Å². The molecule has 4 atom stereocenters. The number of halogens is 2. The first kappa shape index (κ1) is 26.0. The van der Waals surface area contributed by atoms with Gasteiger partial charge >= 0.3 is 0 Å². The molecular weight excluding hydrogens is 461 g/mol. The van der Waals surface area contributed by atoms with Crippen molar-refractivity contribution in [2.75, 3.05) is 13.1 Å². The maximum atomic E-state index is 15.4. The van der Waals surface area contributed by atoms with E-state index in [1.54, 1.807) is 6.07 Å². The molecule has 35 heavy (non-hydrogen) atoms. The van der Waals surface area contributed by atoms with Crippen molar-refractivity contribution in [1.29, 1.82) is 0 Å². The summed E-state index contributed by atoms with van der Waals surface area (Å²) in [6.07, 6.45) is 15.6. The predicted octanol–water partition coefficient (Wildman–Crippen LogP) is 6.75. The van der Waals surface area contributed by atoms with Gasteiger partial charge in [0.1, 0.15) is 11.6 Å². The molecule has 1 aromatic carbocycles. The van der Waals surface area contributed by atoms with Crippen LogP contribution in [0.2, 0.25) is 5.02 Å². The van der Waals surface area contributed by atoms with E-state index in [4.69, 9.17) is 16.4 Å². The zero-order valence-electron chi connectivity index (χ0n) is 21.2. The van der Waals surface area contributed by atoms with Crippen LogP contribution in [0.4, 0.5) is 4.39 Å². The SMILES string of the molecule is C=C(C)/C=C\C=C1/NCCN1Cc1c(F)cc(C2(NOC3CCCC3C(C)CC)C=CC2)cc1Cl. The van der Waals surface area contributed by atoms with E-state index in [9.17, 15) is 0 Å². The van der Waals surface area contributed by atoms with Gasteiger partial charge < -0.3 is 10.2 Å². The number of hydrogen-bond acceptors (Lipinski definition) is 4. The van der Waals surface area contributed by atoms with E-state index in [-0.39, 0.29) is 11.9 Å². The Labute approximate surface area is 214 Å². The molecule has 2 fully saturated rings. The molecule has 4 nitrogen and oxygen atoms in total. The lowest BCUT2D eigenvalue weighted by atomic mass is 9.79. The Morgan fingerprint density at radius 2 is 2.23 bits per heavy atom. The van der Waals surface area contributed by atoms with Crippen molar-refractivity contribution in [1.82, 2.24) is 15.7 Å². The summed E-state index contributed by atoms with van der Waals surface area (Å²) in [6.45, 7) is 12.4. The van der Waals surface area contributed by atoms with Gasteiger partial charge in [-0.25, -0.2) is 4.39 Å². The molecule has 0 aromatic heterocycles. The van der Waals surface area contributed by atoms with Gasteiger partial charge in [0, 0.05) is 30.2 Å². The molecule has 4 unspecified atom stereocenters. The quantitative estimate of drug-likeness (QED) is 0.212. The van der Waals surface area contributed by atoms with Gasteiger partial charge in [0.05, 0.1) is 11.6 Å². The molecule has 0 radical (unpaired) electrons. The third-order valence-corrected chi connectivity index (χ3v) is 8.12. The van der Waals surface area contributed by atoms with Gasteiger partial charge in [-0.3, -0.25) is 4.84 Å². The van der Waals surface area contributed by atoms with Crippen molar-refractivity contribution in [3.05, 3.63) is 82.5 Å². The number of rotatable bonds is 10. The summed E-state index contributed by atoms with van der Waals surface area (Å²) in [5, 5.41) is 3.81. The van der Waals surface area contributed by atoms with Crippen LogP contribution in [0.3, 0.4) is 0 Å². The maximum Gasteiger partial charge on any atom is 0.130 e. The summed E-state index contributed by atoms with van der Waals surface area (Å²) in [7, 11) is 0. The number of nitrogens with zero attached hydrogens (tertiary/aromatic N) is 1. The van der Waals surface area contributed by atoms with Gasteiger partial charge in [0.15, 0.2) is 0 Å². The van der Waals surface area contributed by atoms with Gasteiger partial charge in [-0.2, -0.15) is 5.48 Å². The topological polar surface area (TPSA) is 36.5 Å². The molecule has 6 heteroatoms. The smallest absolute Gasteiger partial charge is 0.130 e. The summed E-state index contributed by atoms with van der Waals surface area (Å²) < 4.78 is 15.4. The Kier molecular flexibility index (Phi) is 8.41. The minimum Gasteiger partial charge on any atom is -0.370 e. The monoisotopic (exact) mass is 499 g/mol. The highest BCUT2D eigenvalue weighted by atomic mass is 35.5. The maximum absolute atomic E-state index is 15.4. The van der Waals surface area contributed by atoms with Crippen molar-refractivity contribution in [2.24, 2.45) is 11.8 Å². The normalized spacial score (nSPS) is 28.0. The van der Waals surface area contributed by atoms with Gasteiger partial charge in [-0.1, -0.05) is 74.7 Å². The fraction of sp³-hybridized carbons (Fsp3) is 0.517. The Balaban J connectivity index is 1.47. The third-order valence-electron chi connectivity index (χ3n) is 7.78. The van der Waals surface area contributed by atoms with Crippen molar-refractivity contribution < 1.29 is 9.23 Å². The number of benzene rings is 1. The average molecular weight is 500 g/mol. The fourth-order valence-corrected chi connectivity index (χ4v) is 5.59. The number of hydrogen-bond donors (Lipinski definition) is 2. The van der Waals surface area contributed by atoms with Gasteiger partial charge in [-0.05, 0) is 61.8 Å². The third kappa shape index (κ3) is 5.84. The number of nitrogens with one attached hydrogen (secondary N) is 2. The van der Waals surface area contributed by atoms with Crippen LogP contribution in [0.1, 0.15) is 64.0 Å². The lowest BCUT2D eigenvalue weighted by Crippen LogP contribution is -2.47. The van der Waals surface area contributed by atoms with Crippen LogP contribution in [0.25, 0.3) is 0 Å². The van der Waals surface area contributed by atoms with Crippen LogP contribution in [-0.2, 0) is 16.9 Å². The van der Waals surface area contributed by atoms with E-state index in [0.717, 1.165) is 49.3 Å². The van der Waals surface area contributed by atoms with E-state index in [1.807, 2.05) is 31.2 Å². The standard InChI is InChI=1S/C29H39ClFN3O/c1-5-21(4)23-10-7-11-27(23)35-33-29(13-8-14-29)22-17-25(30)24(26(31)18-22)19-34-16-15-32-28(34)12-6-9-20(2)3/h6,8-9,12-13,17-18,21,23,27,32-33H,2,5,7,10-11,14-16,19H2,1,3-4H3/b9-6-,28-12+. The molecule has 2 N–H and O–H groups in total. The van der Waals surface area contributed by atoms with Crippen molar-refractivity contribution in [2.45, 2.75) is 71.1 Å². The molecular formula is C29H39ClFN3O. The molecule has 0 spiro atoms. The highest BCUT2D eigenvalue weighted by Crippen LogP contribution is 2.40. The number of hydroxylamine groups is 1. The molecule has 1 saturated heterocycles. The molecule has 190 valence electrons. The van der Waals surface area contributed by atoms with E-state index in [0.29, 0.717) is 29.0 Å². The first-order valence-corrected chi connectivity index (χ1v) is 13.3. The van der Waals surface area contributed by atoms with Crippen molar-refractivity contribution in [3.63, 3.8) is 0 Å². The summed E-state index contributed by atoms with van der Waals surface area (Å²) in [5.41, 5.74) is 5.11. The van der Waals surface area contributed by atoms with Crippen LogP contribution in [0, 0.1) is 17.7 Å². The molecule has 0 amide bonds. The summed E-state index contributed by atoms with van der Waals surface area (Å²) >= 11 is 6.68. The lowest BCUT2D eigenvalue weighted by molar-refractivity contribution is -0.0897. The first-order chi connectivity index (χ1) is 16.8. The molecule has 1 aliphatic heterocycles. The van der Waals surface area contributed by atoms with E-state index in [2.05, 4.69) is 48.3 Å². The van der Waals surface area contributed by atoms with Crippen LogP contribution in [-0.4, -0.2) is 24.1 Å². The average Bonchev–Trinajstić information content (AvgIpc) is 3.44. The van der Waals surface area contributed by atoms with Gasteiger partial charge in [0.25, 0.3) is 0 Å². The summed E-state index contributed by atoms with van der Waals surface area (Å²) in [5.74, 6) is 1.88. The summed E-state index contributed by atoms with van der Waals surface area (Å²) in [4.78, 5) is 8.40. The van der Waals surface area contributed by atoms with Crippen molar-refractivity contribution in [3.8, 4) is 0 Å². The molecule has 2 aliphatic carbocycles. The largest absolute Gasteiger partial charge is 0.370 e. The second-order valence-corrected chi connectivity index (χ2v) is 10.7. The van der Waals surface area contributed by atoms with E-state index < -0.39 is 5.54 Å². The predicted molar refractivity (Wildman–Crippen MR) is 142 cm³/mol. The van der Waals surface area contributed by atoms with Gasteiger partial charge in [-0.15, -0.1) is 0 Å². The van der Waals surface area contributed by atoms with Crippen LogP contribution >= 0.6 is 11.6 Å². The van der Waals surface area contributed by atoms with Crippen LogP contribution < -0.4 is 10.8 Å². The highest BCUT2D eigenvalue weighted by Gasteiger charge is 2.39. The van der Waals surface area contributed by atoms with Crippen LogP contribution in [0.15, 0.2) is 60.5 Å². The minimum atomic E-state index is -0.529. The molecule has 4 rings (SSSR count). The second kappa shape index (κ2) is 11.3. The molecule has 1 aromatic rings. The molecule has 1 heterocycles. The molecule has 0 bridgehead atoms. The zero-order valence-corrected chi connectivity index (χ0v) is 22.0. The Bertz CT molecular complexity index is 996. The fourth-order valence-electron chi connectivity index (χ4n) is 5.32. The zero-order chi connectivity index (χ0) is 25.0. The lowest BCUT2D eigenvalue weighted by Gasteiger charge is -2.39. The second-order valence-electron chi connectivity index (χ2n) is 10.3. The Morgan fingerprint density at radius 3 is 2.89 bits per heavy atom. The molecule has 1 saturated carbocycles. The van der Waals surface area contributed by atoms with Crippen molar-refractivity contribution >= 4 is 11.6 Å². The summed E-state index contributed by atoms with van der Waals surface area (Å²) in [6, 6.07) is 3.52. The number of allylic oxidation sites excluding steroid dienone is 4. The highest BCUT2D eigenvalue weighted by molar-refractivity contribution is 6.31. The van der Waals surface area contributed by atoms with Gasteiger partial charge in [0.2, 0.25) is 0 Å². The Hall–Kier alpha value is -2.08.